The van der Waals surface area contributed by atoms with Crippen LogP contribution in [0.5, 0.6) is 0 Å². The highest BCUT2D eigenvalue weighted by molar-refractivity contribution is 8.04. The number of nitrogens with zero attached hydrogens (tertiary/aromatic N) is 5. The third-order valence-electron chi connectivity index (χ3n) is 4.56. The van der Waals surface area contributed by atoms with Crippen LogP contribution in [0.3, 0.4) is 0 Å². The average Bonchev–Trinajstić information content (AvgIpc) is 3.09. The van der Waals surface area contributed by atoms with Gasteiger partial charge in [0, 0.05) is 37.1 Å². The number of anilines is 1. The topological polar surface area (TPSA) is 104 Å². The number of piperidine rings is 1. The Morgan fingerprint density at radius 2 is 2.24 bits per heavy atom. The smallest absolute Gasteiger partial charge is 0.261 e. The summed E-state index contributed by atoms with van der Waals surface area (Å²) < 4.78 is 0. The maximum absolute atomic E-state index is 12.9. The number of carbonyl (C=O) groups is 1. The summed E-state index contributed by atoms with van der Waals surface area (Å²) in [6, 6.07) is 0. The van der Waals surface area contributed by atoms with Gasteiger partial charge >= 0.3 is 0 Å². The number of fused-ring (bicyclic) bond motifs is 1. The van der Waals surface area contributed by atoms with Gasteiger partial charge in [0.25, 0.3) is 5.91 Å². The van der Waals surface area contributed by atoms with Crippen LogP contribution in [-0.4, -0.2) is 61.7 Å². The molecule has 2 aromatic heterocycles. The van der Waals surface area contributed by atoms with Crippen LogP contribution in [0, 0.1) is 0 Å². The molecule has 2 aliphatic heterocycles. The number of hydrogen-bond donors (Lipinski definition) is 2. The van der Waals surface area contributed by atoms with Gasteiger partial charge in [-0.3, -0.25) is 4.79 Å². The fourth-order valence-electron chi connectivity index (χ4n) is 3.35. The van der Waals surface area contributed by atoms with Crippen molar-refractivity contribution in [3.63, 3.8) is 0 Å². The summed E-state index contributed by atoms with van der Waals surface area (Å²) >= 11 is 1.59. The van der Waals surface area contributed by atoms with Crippen LogP contribution in [0.2, 0.25) is 0 Å². The van der Waals surface area contributed by atoms with E-state index in [-0.39, 0.29) is 11.4 Å². The Morgan fingerprint density at radius 1 is 1.36 bits per heavy atom. The SMILES string of the molecule is CC1(N)CCCN(C(=O)C2=CN(c3ncnc4nc[nH]c34)CCS2)C1. The Kier molecular flexibility index (Phi) is 4.12. The molecule has 0 aliphatic carbocycles. The molecular formula is C16H21N7OS. The van der Waals surface area contributed by atoms with Gasteiger partial charge in [0.05, 0.1) is 11.2 Å². The highest BCUT2D eigenvalue weighted by atomic mass is 32.2. The van der Waals surface area contributed by atoms with Gasteiger partial charge in [-0.15, -0.1) is 11.8 Å². The Hall–Kier alpha value is -2.13. The van der Waals surface area contributed by atoms with Crippen molar-refractivity contribution < 1.29 is 4.79 Å². The zero-order valence-corrected chi connectivity index (χ0v) is 14.9. The summed E-state index contributed by atoms with van der Waals surface area (Å²) in [6.07, 6.45) is 6.89. The number of imidazole rings is 1. The number of amides is 1. The van der Waals surface area contributed by atoms with E-state index in [4.69, 9.17) is 5.73 Å². The van der Waals surface area contributed by atoms with Crippen LogP contribution < -0.4 is 10.6 Å². The van der Waals surface area contributed by atoms with Crippen molar-refractivity contribution >= 4 is 34.7 Å². The molecule has 8 nitrogen and oxygen atoms in total. The minimum atomic E-state index is -0.303. The van der Waals surface area contributed by atoms with Gasteiger partial charge in [0.1, 0.15) is 11.8 Å². The molecule has 2 aliphatic rings. The Bertz CT molecular complexity index is 831. The molecule has 1 atom stereocenters. The first kappa shape index (κ1) is 16.3. The van der Waals surface area contributed by atoms with Crippen molar-refractivity contribution in [1.82, 2.24) is 24.8 Å². The highest BCUT2D eigenvalue weighted by Gasteiger charge is 2.32. The lowest BCUT2D eigenvalue weighted by Gasteiger charge is -2.38. The number of H-pyrrole nitrogens is 1. The maximum Gasteiger partial charge on any atom is 0.261 e. The molecule has 0 bridgehead atoms. The molecule has 0 spiro atoms. The number of carbonyl (C=O) groups excluding carboxylic acids is 1. The van der Waals surface area contributed by atoms with Crippen LogP contribution in [0.25, 0.3) is 11.2 Å². The fraction of sp³-hybridized carbons (Fsp3) is 0.500. The zero-order chi connectivity index (χ0) is 17.4. The number of hydrogen-bond acceptors (Lipinski definition) is 7. The monoisotopic (exact) mass is 359 g/mol. The van der Waals surface area contributed by atoms with Crippen molar-refractivity contribution in [2.24, 2.45) is 5.73 Å². The summed E-state index contributed by atoms with van der Waals surface area (Å²) in [7, 11) is 0. The van der Waals surface area contributed by atoms with E-state index in [2.05, 4.69) is 19.9 Å². The molecule has 132 valence electrons. The summed E-state index contributed by atoms with van der Waals surface area (Å²) in [6.45, 7) is 4.15. The lowest BCUT2D eigenvalue weighted by molar-refractivity contribution is -0.128. The van der Waals surface area contributed by atoms with E-state index >= 15 is 0 Å². The second-order valence-corrected chi connectivity index (χ2v) is 7.95. The van der Waals surface area contributed by atoms with E-state index < -0.39 is 0 Å². The maximum atomic E-state index is 12.9. The highest BCUT2D eigenvalue weighted by Crippen LogP contribution is 2.30. The fourth-order valence-corrected chi connectivity index (χ4v) is 4.31. The Morgan fingerprint density at radius 3 is 3.08 bits per heavy atom. The van der Waals surface area contributed by atoms with Gasteiger partial charge in [-0.05, 0) is 19.8 Å². The predicted octanol–water partition coefficient (Wildman–Crippen LogP) is 1.09. The van der Waals surface area contributed by atoms with Crippen molar-refractivity contribution in [1.29, 1.82) is 0 Å². The summed E-state index contributed by atoms with van der Waals surface area (Å²) in [5.74, 6) is 1.63. The third-order valence-corrected chi connectivity index (χ3v) is 5.54. The van der Waals surface area contributed by atoms with Crippen LogP contribution in [-0.2, 0) is 4.79 Å². The lowest BCUT2D eigenvalue weighted by Crippen LogP contribution is -2.54. The number of likely N-dealkylation sites (tertiary alicyclic amines) is 1. The number of rotatable bonds is 2. The number of aromatic nitrogens is 4. The van der Waals surface area contributed by atoms with E-state index in [0.29, 0.717) is 12.2 Å². The van der Waals surface area contributed by atoms with Crippen molar-refractivity contribution in [3.05, 3.63) is 23.8 Å². The lowest BCUT2D eigenvalue weighted by atomic mass is 9.92. The normalized spacial score (nSPS) is 24.5. The van der Waals surface area contributed by atoms with E-state index in [0.717, 1.165) is 47.9 Å². The van der Waals surface area contributed by atoms with E-state index in [9.17, 15) is 4.79 Å². The molecule has 1 saturated heterocycles. The number of nitrogens with two attached hydrogens (primary N) is 1. The van der Waals surface area contributed by atoms with E-state index in [1.807, 2.05) is 22.9 Å². The molecule has 25 heavy (non-hydrogen) atoms. The number of nitrogens with one attached hydrogen (secondary N) is 1. The Labute approximate surface area is 149 Å². The molecule has 2 aromatic rings. The number of thioether (sulfide) groups is 1. The largest absolute Gasteiger partial charge is 0.340 e. The molecule has 4 rings (SSSR count). The summed E-state index contributed by atoms with van der Waals surface area (Å²) in [5, 5.41) is 0. The first-order valence-corrected chi connectivity index (χ1v) is 9.36. The molecule has 3 N–H and O–H groups in total. The first-order valence-electron chi connectivity index (χ1n) is 8.37. The van der Waals surface area contributed by atoms with Gasteiger partial charge in [0.2, 0.25) is 0 Å². The quantitative estimate of drug-likeness (QED) is 0.827. The summed E-state index contributed by atoms with van der Waals surface area (Å²) in [4.78, 5) is 33.3. The standard InChI is InChI=1S/C16H21N7OS/c1-16(17)3-2-4-23(8-16)15(24)11-7-22(5-6-25-11)14-12-13(19-9-18-12)20-10-21-14/h7,9-10H,2-6,8,17H2,1H3,(H,18,19,20,21). The molecular weight excluding hydrogens is 338 g/mol. The minimum Gasteiger partial charge on any atom is -0.340 e. The number of aromatic amines is 1. The summed E-state index contributed by atoms with van der Waals surface area (Å²) in [5.41, 5.74) is 7.35. The van der Waals surface area contributed by atoms with Gasteiger partial charge in [-0.1, -0.05) is 0 Å². The van der Waals surface area contributed by atoms with Crippen molar-refractivity contribution in [3.8, 4) is 0 Å². The molecule has 0 aromatic carbocycles. The van der Waals surface area contributed by atoms with Crippen LogP contribution in [0.15, 0.2) is 23.8 Å². The molecule has 4 heterocycles. The molecule has 9 heteroatoms. The van der Waals surface area contributed by atoms with Gasteiger partial charge in [-0.25, -0.2) is 15.0 Å². The molecule has 0 saturated carbocycles. The third kappa shape index (κ3) is 3.21. The van der Waals surface area contributed by atoms with E-state index in [1.165, 1.54) is 6.33 Å². The zero-order valence-electron chi connectivity index (χ0n) is 14.1. The molecule has 0 radical (unpaired) electrons. The Balaban J connectivity index is 1.60. The predicted molar refractivity (Wildman–Crippen MR) is 98.0 cm³/mol. The van der Waals surface area contributed by atoms with Gasteiger partial charge in [0.15, 0.2) is 11.5 Å². The van der Waals surface area contributed by atoms with Crippen LogP contribution >= 0.6 is 11.8 Å². The van der Waals surface area contributed by atoms with Gasteiger partial charge < -0.3 is 20.5 Å². The second kappa shape index (κ2) is 6.30. The van der Waals surface area contributed by atoms with Crippen LogP contribution in [0.4, 0.5) is 5.82 Å². The molecule has 1 unspecified atom stereocenters. The molecule has 1 fully saturated rings. The first-order chi connectivity index (χ1) is 12.0. The van der Waals surface area contributed by atoms with Gasteiger partial charge in [-0.2, -0.15) is 0 Å². The van der Waals surface area contributed by atoms with E-state index in [1.54, 1.807) is 18.1 Å². The molecule has 1 amide bonds. The minimum absolute atomic E-state index is 0.0565. The van der Waals surface area contributed by atoms with Crippen molar-refractivity contribution in [2.75, 3.05) is 30.3 Å². The second-order valence-electron chi connectivity index (χ2n) is 6.82. The van der Waals surface area contributed by atoms with Crippen molar-refractivity contribution in [2.45, 2.75) is 25.3 Å². The average molecular weight is 359 g/mol. The van der Waals surface area contributed by atoms with Crippen LogP contribution in [0.1, 0.15) is 19.8 Å².